The van der Waals surface area contributed by atoms with Crippen molar-refractivity contribution in [2.24, 2.45) is 0 Å². The maximum absolute atomic E-state index is 11.9. The summed E-state index contributed by atoms with van der Waals surface area (Å²) in [4.78, 5) is 13.4. The summed E-state index contributed by atoms with van der Waals surface area (Å²) in [5.74, 6) is -0.156. The largest absolute Gasteiger partial charge is 0.465 e. The Morgan fingerprint density at radius 3 is 2.62 bits per heavy atom. The van der Waals surface area contributed by atoms with Gasteiger partial charge in [0.05, 0.1) is 12.8 Å². The van der Waals surface area contributed by atoms with Crippen molar-refractivity contribution in [3.05, 3.63) is 38.7 Å². The van der Waals surface area contributed by atoms with Gasteiger partial charge in [0, 0.05) is 14.9 Å². The number of nitrogen functional groups attached to an aromatic ring is 1. The van der Waals surface area contributed by atoms with Gasteiger partial charge in [-0.05, 0) is 39.9 Å². The molecule has 0 aliphatic carbocycles. The van der Waals surface area contributed by atoms with Crippen molar-refractivity contribution < 1.29 is 9.53 Å². The Morgan fingerprint density at radius 2 is 2.05 bits per heavy atom. The lowest BCUT2D eigenvalue weighted by atomic mass is 9.97. The minimum Gasteiger partial charge on any atom is -0.465 e. The van der Waals surface area contributed by atoms with Crippen LogP contribution < -0.4 is 5.73 Å². The van der Waals surface area contributed by atoms with Crippen molar-refractivity contribution in [3.8, 4) is 10.4 Å². The topological polar surface area (TPSA) is 52.3 Å². The highest BCUT2D eigenvalue weighted by atomic mass is 79.9. The predicted molar refractivity (Wildman–Crippen MR) is 92.0 cm³/mol. The van der Waals surface area contributed by atoms with Gasteiger partial charge in [-0.1, -0.05) is 32.0 Å². The van der Waals surface area contributed by atoms with Crippen LogP contribution in [0.2, 0.25) is 0 Å². The number of rotatable bonds is 3. The zero-order chi connectivity index (χ0) is 15.7. The maximum atomic E-state index is 11.9. The van der Waals surface area contributed by atoms with Gasteiger partial charge >= 0.3 is 5.97 Å². The van der Waals surface area contributed by atoms with Crippen LogP contribution in [0.3, 0.4) is 0 Å². The van der Waals surface area contributed by atoms with Crippen molar-refractivity contribution in [1.82, 2.24) is 0 Å². The SMILES string of the molecule is COC(=O)c1sc(-c2cccc(C)c2Br)c(C(C)C)c1N. The van der Waals surface area contributed by atoms with Crippen LogP contribution in [0.25, 0.3) is 10.4 Å². The summed E-state index contributed by atoms with van der Waals surface area (Å²) in [6, 6.07) is 6.09. The molecule has 1 heterocycles. The Labute approximate surface area is 137 Å². The minimum absolute atomic E-state index is 0.224. The smallest absolute Gasteiger partial charge is 0.350 e. The van der Waals surface area contributed by atoms with Crippen LogP contribution in [0.1, 0.15) is 40.6 Å². The molecule has 0 spiro atoms. The molecule has 2 rings (SSSR count). The van der Waals surface area contributed by atoms with Crippen LogP contribution in [0.4, 0.5) is 5.69 Å². The van der Waals surface area contributed by atoms with Crippen LogP contribution in [0, 0.1) is 6.92 Å². The number of hydrogen-bond donors (Lipinski definition) is 1. The van der Waals surface area contributed by atoms with Crippen LogP contribution in [-0.2, 0) is 4.74 Å². The van der Waals surface area contributed by atoms with Gasteiger partial charge in [0.1, 0.15) is 4.88 Å². The van der Waals surface area contributed by atoms with Gasteiger partial charge in [0.15, 0.2) is 0 Å². The quantitative estimate of drug-likeness (QED) is 0.778. The van der Waals surface area contributed by atoms with E-state index in [9.17, 15) is 4.79 Å². The molecule has 21 heavy (non-hydrogen) atoms. The number of esters is 1. The van der Waals surface area contributed by atoms with E-state index in [1.165, 1.54) is 18.4 Å². The number of hydrogen-bond acceptors (Lipinski definition) is 4. The fourth-order valence-corrected chi connectivity index (χ4v) is 4.22. The minimum atomic E-state index is -0.380. The summed E-state index contributed by atoms with van der Waals surface area (Å²) in [5.41, 5.74) is 9.95. The number of anilines is 1. The van der Waals surface area contributed by atoms with E-state index in [-0.39, 0.29) is 11.9 Å². The summed E-state index contributed by atoms with van der Waals surface area (Å²) in [5, 5.41) is 0. The van der Waals surface area contributed by atoms with Crippen molar-refractivity contribution >= 4 is 38.9 Å². The first-order valence-electron chi connectivity index (χ1n) is 6.64. The van der Waals surface area contributed by atoms with Crippen molar-refractivity contribution in [1.29, 1.82) is 0 Å². The second-order valence-electron chi connectivity index (χ2n) is 5.17. The molecule has 0 saturated heterocycles. The molecule has 3 nitrogen and oxygen atoms in total. The first-order chi connectivity index (χ1) is 9.88. The number of benzene rings is 1. The lowest BCUT2D eigenvalue weighted by molar-refractivity contribution is 0.0607. The van der Waals surface area contributed by atoms with E-state index in [0.29, 0.717) is 10.6 Å². The first kappa shape index (κ1) is 16.0. The Morgan fingerprint density at radius 1 is 1.38 bits per heavy atom. The molecule has 0 fully saturated rings. The average molecular weight is 368 g/mol. The molecule has 5 heteroatoms. The summed E-state index contributed by atoms with van der Waals surface area (Å²) < 4.78 is 5.87. The molecule has 0 amide bonds. The van der Waals surface area contributed by atoms with Gasteiger partial charge in [-0.3, -0.25) is 0 Å². The monoisotopic (exact) mass is 367 g/mol. The van der Waals surface area contributed by atoms with Gasteiger partial charge in [-0.25, -0.2) is 4.79 Å². The van der Waals surface area contributed by atoms with Gasteiger partial charge in [0.25, 0.3) is 0 Å². The Hall–Kier alpha value is -1.33. The van der Waals surface area contributed by atoms with Gasteiger partial charge in [-0.15, -0.1) is 11.3 Å². The molecular weight excluding hydrogens is 350 g/mol. The van der Waals surface area contributed by atoms with Crippen LogP contribution in [0.15, 0.2) is 22.7 Å². The summed E-state index contributed by atoms with van der Waals surface area (Å²) >= 11 is 5.03. The molecule has 0 unspecified atom stereocenters. The third-order valence-electron chi connectivity index (χ3n) is 3.37. The molecule has 0 atom stereocenters. The average Bonchev–Trinajstić information content (AvgIpc) is 2.78. The van der Waals surface area contributed by atoms with E-state index in [0.717, 1.165) is 26.0 Å². The van der Waals surface area contributed by atoms with E-state index in [2.05, 4.69) is 29.8 Å². The fraction of sp³-hybridized carbons (Fsp3) is 0.312. The highest BCUT2D eigenvalue weighted by molar-refractivity contribution is 9.10. The molecule has 2 N–H and O–H groups in total. The van der Waals surface area contributed by atoms with Crippen LogP contribution in [0.5, 0.6) is 0 Å². The highest BCUT2D eigenvalue weighted by Crippen LogP contribution is 2.45. The van der Waals surface area contributed by atoms with Gasteiger partial charge in [0.2, 0.25) is 0 Å². The lowest BCUT2D eigenvalue weighted by Gasteiger charge is -2.11. The van der Waals surface area contributed by atoms with Crippen molar-refractivity contribution in [3.63, 3.8) is 0 Å². The molecule has 1 aromatic carbocycles. The number of carbonyl (C=O) groups is 1. The predicted octanol–water partition coefficient (Wildman–Crippen LogP) is 4.98. The number of nitrogens with two attached hydrogens (primary N) is 1. The zero-order valence-electron chi connectivity index (χ0n) is 12.5. The fourth-order valence-electron chi connectivity index (χ4n) is 2.30. The molecule has 1 aromatic heterocycles. The molecule has 0 radical (unpaired) electrons. The number of carbonyl (C=O) groups excluding carboxylic acids is 1. The number of ether oxygens (including phenoxy) is 1. The Balaban J connectivity index is 2.74. The van der Waals surface area contributed by atoms with Gasteiger partial charge < -0.3 is 10.5 Å². The summed E-state index contributed by atoms with van der Waals surface area (Å²) in [6.07, 6.45) is 0. The Bertz CT molecular complexity index is 692. The second kappa shape index (κ2) is 6.20. The van der Waals surface area contributed by atoms with E-state index in [1.54, 1.807) is 0 Å². The number of halogens is 1. The van der Waals surface area contributed by atoms with Crippen molar-refractivity contribution in [2.45, 2.75) is 26.7 Å². The normalized spacial score (nSPS) is 11.0. The molecular formula is C16H18BrNO2S. The van der Waals surface area contributed by atoms with E-state index in [4.69, 9.17) is 10.5 Å². The number of methoxy groups -OCH3 is 1. The standard InChI is InChI=1S/C16H18BrNO2S/c1-8(2)11-13(18)15(16(19)20-4)21-14(11)10-7-5-6-9(3)12(10)17/h5-8H,18H2,1-4H3. The maximum Gasteiger partial charge on any atom is 0.350 e. The van der Waals surface area contributed by atoms with Gasteiger partial charge in [-0.2, -0.15) is 0 Å². The third kappa shape index (κ3) is 2.85. The highest BCUT2D eigenvalue weighted by Gasteiger charge is 2.25. The third-order valence-corrected chi connectivity index (χ3v) is 5.66. The van der Waals surface area contributed by atoms with Crippen LogP contribution >= 0.6 is 27.3 Å². The Kier molecular flexibility index (Phi) is 4.74. The number of aryl methyl sites for hydroxylation is 1. The lowest BCUT2D eigenvalue weighted by Crippen LogP contribution is -2.03. The molecule has 0 aliphatic heterocycles. The summed E-state index contributed by atoms with van der Waals surface area (Å²) in [7, 11) is 1.37. The second-order valence-corrected chi connectivity index (χ2v) is 6.98. The zero-order valence-corrected chi connectivity index (χ0v) is 14.9. The number of thiophene rings is 1. The first-order valence-corrected chi connectivity index (χ1v) is 8.25. The molecule has 0 saturated carbocycles. The summed E-state index contributed by atoms with van der Waals surface area (Å²) in [6.45, 7) is 6.19. The molecule has 0 aliphatic rings. The van der Waals surface area contributed by atoms with E-state index >= 15 is 0 Å². The van der Waals surface area contributed by atoms with Crippen LogP contribution in [-0.4, -0.2) is 13.1 Å². The van der Waals surface area contributed by atoms with E-state index in [1.807, 2.05) is 25.1 Å². The molecule has 2 aromatic rings. The van der Waals surface area contributed by atoms with Crippen molar-refractivity contribution in [2.75, 3.05) is 12.8 Å². The molecule has 0 bridgehead atoms. The van der Waals surface area contributed by atoms with E-state index < -0.39 is 0 Å². The molecule has 112 valence electrons.